The van der Waals surface area contributed by atoms with Crippen LogP contribution in [-0.2, 0) is 10.0 Å². The zero-order chi connectivity index (χ0) is 12.3. The van der Waals surface area contributed by atoms with Gasteiger partial charge in [0.05, 0.1) is 12.6 Å². The highest BCUT2D eigenvalue weighted by molar-refractivity contribution is 7.91. The minimum Gasteiger partial charge on any atom is -0.288 e. The summed E-state index contributed by atoms with van der Waals surface area (Å²) in [4.78, 5) is 1.96. The first-order valence-electron chi connectivity index (χ1n) is 5.27. The van der Waals surface area contributed by atoms with Gasteiger partial charge in [-0.2, -0.15) is 9.57 Å². The Hall–Kier alpha value is -0.940. The molecule has 0 aliphatic carbocycles. The van der Waals surface area contributed by atoms with Crippen LogP contribution in [0, 0.1) is 11.3 Å². The Kier molecular flexibility index (Phi) is 3.79. The quantitative estimate of drug-likeness (QED) is 0.754. The van der Waals surface area contributed by atoms with Gasteiger partial charge >= 0.3 is 0 Å². The van der Waals surface area contributed by atoms with E-state index in [1.54, 1.807) is 17.5 Å². The van der Waals surface area contributed by atoms with E-state index in [4.69, 9.17) is 5.26 Å². The van der Waals surface area contributed by atoms with Crippen molar-refractivity contribution < 1.29 is 8.42 Å². The van der Waals surface area contributed by atoms with Crippen LogP contribution in [0.25, 0.3) is 0 Å². The minimum atomic E-state index is -3.31. The molecule has 7 heteroatoms. The summed E-state index contributed by atoms with van der Waals surface area (Å²) < 4.78 is 26.2. The van der Waals surface area contributed by atoms with Crippen molar-refractivity contribution in [1.82, 2.24) is 9.21 Å². The normalized spacial score (nSPS) is 19.0. The molecule has 92 valence electrons. The van der Waals surface area contributed by atoms with E-state index in [-0.39, 0.29) is 0 Å². The van der Waals surface area contributed by atoms with Crippen LogP contribution in [0.4, 0.5) is 0 Å². The molecule has 1 aliphatic rings. The molecule has 5 nitrogen and oxygen atoms in total. The third kappa shape index (κ3) is 2.66. The molecule has 0 aromatic carbocycles. The maximum absolute atomic E-state index is 12.2. The molecule has 0 radical (unpaired) electrons. The lowest BCUT2D eigenvalue weighted by molar-refractivity contribution is 0.206. The van der Waals surface area contributed by atoms with Gasteiger partial charge in [-0.3, -0.25) is 4.90 Å². The number of nitriles is 1. The van der Waals surface area contributed by atoms with Crippen LogP contribution in [0.1, 0.15) is 0 Å². The van der Waals surface area contributed by atoms with Crippen LogP contribution in [0.15, 0.2) is 21.7 Å². The van der Waals surface area contributed by atoms with Crippen LogP contribution in [0.5, 0.6) is 0 Å². The second-order valence-corrected chi connectivity index (χ2v) is 6.88. The molecule has 2 rings (SSSR count). The van der Waals surface area contributed by atoms with Crippen LogP contribution >= 0.6 is 11.3 Å². The molecule has 17 heavy (non-hydrogen) atoms. The lowest BCUT2D eigenvalue weighted by Gasteiger charge is -2.32. The van der Waals surface area contributed by atoms with Gasteiger partial charge in [-0.25, -0.2) is 8.42 Å². The molecule has 1 saturated heterocycles. The highest BCUT2D eigenvalue weighted by Crippen LogP contribution is 2.21. The number of thiophene rings is 1. The van der Waals surface area contributed by atoms with Crippen LogP contribution in [0.2, 0.25) is 0 Å². The molecule has 0 saturated carbocycles. The Morgan fingerprint density at radius 3 is 2.59 bits per heavy atom. The summed E-state index contributed by atoms with van der Waals surface area (Å²) in [5, 5.41) is 10.3. The first kappa shape index (κ1) is 12.5. The molecule has 1 fully saturated rings. The Labute approximate surface area is 105 Å². The van der Waals surface area contributed by atoms with Gasteiger partial charge in [0.1, 0.15) is 4.21 Å². The average Bonchev–Trinajstić information content (AvgIpc) is 2.84. The van der Waals surface area contributed by atoms with Crippen molar-refractivity contribution in [3.05, 3.63) is 17.5 Å². The smallest absolute Gasteiger partial charge is 0.252 e. The number of hydrogen-bond donors (Lipinski definition) is 0. The molecular weight excluding hydrogens is 258 g/mol. The minimum absolute atomic E-state index is 0.368. The lowest BCUT2D eigenvalue weighted by Crippen LogP contribution is -2.48. The Bertz CT molecular complexity index is 496. The summed E-state index contributed by atoms with van der Waals surface area (Å²) in [6, 6.07) is 5.44. The maximum atomic E-state index is 12.2. The molecule has 0 N–H and O–H groups in total. The molecule has 1 aromatic rings. The second-order valence-electron chi connectivity index (χ2n) is 3.77. The summed E-state index contributed by atoms with van der Waals surface area (Å²) in [6.07, 6.45) is 0. The highest BCUT2D eigenvalue weighted by atomic mass is 32.2. The van der Waals surface area contributed by atoms with Crippen LogP contribution in [-0.4, -0.2) is 50.3 Å². The monoisotopic (exact) mass is 271 g/mol. The van der Waals surface area contributed by atoms with Crippen molar-refractivity contribution in [3.8, 4) is 6.07 Å². The second kappa shape index (κ2) is 5.14. The van der Waals surface area contributed by atoms with E-state index in [0.717, 1.165) is 0 Å². The zero-order valence-corrected chi connectivity index (χ0v) is 10.9. The van der Waals surface area contributed by atoms with Gasteiger partial charge in [-0.15, -0.1) is 11.3 Å². The summed E-state index contributed by atoms with van der Waals surface area (Å²) in [5.74, 6) is 0. The van der Waals surface area contributed by atoms with Crippen molar-refractivity contribution in [2.24, 2.45) is 0 Å². The largest absolute Gasteiger partial charge is 0.288 e. The SMILES string of the molecule is N#CCN1CCN(S(=O)(=O)c2cccs2)CC1. The fraction of sp³-hybridized carbons (Fsp3) is 0.500. The number of sulfonamides is 1. The standard InChI is InChI=1S/C10H13N3O2S2/c11-3-4-12-5-7-13(8-6-12)17(14,15)10-2-1-9-16-10/h1-2,9H,4-8H2. The van der Waals surface area contributed by atoms with Gasteiger partial charge in [0, 0.05) is 26.2 Å². The van der Waals surface area contributed by atoms with E-state index < -0.39 is 10.0 Å². The van der Waals surface area contributed by atoms with E-state index in [1.165, 1.54) is 15.6 Å². The highest BCUT2D eigenvalue weighted by Gasteiger charge is 2.28. The van der Waals surface area contributed by atoms with Crippen LogP contribution in [0.3, 0.4) is 0 Å². The Morgan fingerprint density at radius 1 is 1.35 bits per heavy atom. The number of hydrogen-bond acceptors (Lipinski definition) is 5. The van der Waals surface area contributed by atoms with Crippen molar-refractivity contribution >= 4 is 21.4 Å². The Morgan fingerprint density at radius 2 is 2.06 bits per heavy atom. The molecular formula is C10H13N3O2S2. The summed E-state index contributed by atoms with van der Waals surface area (Å²) >= 11 is 1.24. The number of rotatable bonds is 3. The molecule has 1 aromatic heterocycles. The van der Waals surface area contributed by atoms with E-state index >= 15 is 0 Å². The zero-order valence-electron chi connectivity index (χ0n) is 9.24. The fourth-order valence-electron chi connectivity index (χ4n) is 1.77. The van der Waals surface area contributed by atoms with Gasteiger partial charge < -0.3 is 0 Å². The average molecular weight is 271 g/mol. The molecule has 1 aliphatic heterocycles. The molecule has 0 bridgehead atoms. The number of nitrogens with zero attached hydrogens (tertiary/aromatic N) is 3. The molecule has 0 atom stereocenters. The predicted octanol–water partition coefficient (Wildman–Crippen LogP) is 0.578. The van der Waals surface area contributed by atoms with Crippen molar-refractivity contribution in [3.63, 3.8) is 0 Å². The Balaban J connectivity index is 2.04. The summed E-state index contributed by atoms with van der Waals surface area (Å²) in [5.41, 5.74) is 0. The molecule has 0 amide bonds. The van der Waals surface area contributed by atoms with Gasteiger partial charge in [-0.1, -0.05) is 6.07 Å². The maximum Gasteiger partial charge on any atom is 0.252 e. The van der Waals surface area contributed by atoms with E-state index in [9.17, 15) is 8.42 Å². The first-order chi connectivity index (χ1) is 8.14. The van der Waals surface area contributed by atoms with Gasteiger partial charge in [0.2, 0.25) is 0 Å². The fourth-order valence-corrected chi connectivity index (χ4v) is 4.33. The van der Waals surface area contributed by atoms with Crippen molar-refractivity contribution in [2.75, 3.05) is 32.7 Å². The lowest BCUT2D eigenvalue weighted by atomic mass is 10.4. The van der Waals surface area contributed by atoms with Crippen molar-refractivity contribution in [1.29, 1.82) is 5.26 Å². The van der Waals surface area contributed by atoms with Gasteiger partial charge in [-0.05, 0) is 11.4 Å². The molecule has 0 unspecified atom stereocenters. The first-order valence-corrected chi connectivity index (χ1v) is 7.59. The van der Waals surface area contributed by atoms with E-state index in [2.05, 4.69) is 6.07 Å². The third-order valence-electron chi connectivity index (χ3n) is 2.71. The van der Waals surface area contributed by atoms with Crippen molar-refractivity contribution in [2.45, 2.75) is 4.21 Å². The summed E-state index contributed by atoms with van der Waals surface area (Å²) in [7, 11) is -3.31. The van der Waals surface area contributed by atoms with E-state index in [1.807, 2.05) is 4.90 Å². The molecule has 0 spiro atoms. The van der Waals surface area contributed by atoms with Gasteiger partial charge in [0.15, 0.2) is 0 Å². The topological polar surface area (TPSA) is 64.4 Å². The number of piperazine rings is 1. The third-order valence-corrected chi connectivity index (χ3v) is 5.99. The molecule has 2 heterocycles. The summed E-state index contributed by atoms with van der Waals surface area (Å²) in [6.45, 7) is 2.53. The van der Waals surface area contributed by atoms with Crippen LogP contribution < -0.4 is 0 Å². The predicted molar refractivity (Wildman–Crippen MR) is 65.1 cm³/mol. The van der Waals surface area contributed by atoms with E-state index in [0.29, 0.717) is 36.9 Å². The van der Waals surface area contributed by atoms with Gasteiger partial charge in [0.25, 0.3) is 10.0 Å².